The van der Waals surface area contributed by atoms with E-state index in [1.807, 2.05) is 7.05 Å². The summed E-state index contributed by atoms with van der Waals surface area (Å²) in [7, 11) is 1.84. The Morgan fingerprint density at radius 1 is 1.08 bits per heavy atom. The molecule has 2 atom stereocenters. The van der Waals surface area contributed by atoms with Crippen molar-refractivity contribution in [1.29, 1.82) is 0 Å². The van der Waals surface area contributed by atoms with Gasteiger partial charge in [-0.3, -0.25) is 4.99 Å². The van der Waals surface area contributed by atoms with Crippen LogP contribution < -0.4 is 15.5 Å². The molecule has 2 unspecified atom stereocenters. The normalized spacial score (nSPS) is 18.6. The Morgan fingerprint density at radius 3 is 2.46 bits per heavy atom. The fourth-order valence-corrected chi connectivity index (χ4v) is 3.48. The van der Waals surface area contributed by atoms with Crippen molar-refractivity contribution in [3.63, 3.8) is 0 Å². The van der Waals surface area contributed by atoms with Crippen LogP contribution in [0.5, 0.6) is 0 Å². The molecule has 1 aliphatic heterocycles. The van der Waals surface area contributed by atoms with Crippen molar-refractivity contribution in [2.45, 2.75) is 19.3 Å². The molecule has 0 aliphatic carbocycles. The molecule has 26 heavy (non-hydrogen) atoms. The lowest BCUT2D eigenvalue weighted by Crippen LogP contribution is -2.41. The standard InChI is InChI=1S/C22H30N4/c1-18(20-9-5-3-6-10-20)15-24-22(23-2)25-16-19-13-14-26(17-19)21-11-7-4-8-12-21/h3-12,18-19H,13-17H2,1-2H3,(H2,23,24,25). The van der Waals surface area contributed by atoms with Crippen molar-refractivity contribution in [2.24, 2.45) is 10.9 Å². The van der Waals surface area contributed by atoms with E-state index in [2.05, 4.69) is 88.1 Å². The Hall–Kier alpha value is -2.49. The zero-order chi connectivity index (χ0) is 18.2. The van der Waals surface area contributed by atoms with E-state index >= 15 is 0 Å². The first-order valence-corrected chi connectivity index (χ1v) is 9.55. The smallest absolute Gasteiger partial charge is 0.191 e. The van der Waals surface area contributed by atoms with Crippen LogP contribution in [0.2, 0.25) is 0 Å². The fraction of sp³-hybridized carbons (Fsp3) is 0.409. The number of nitrogens with zero attached hydrogens (tertiary/aromatic N) is 2. The summed E-state index contributed by atoms with van der Waals surface area (Å²) in [4.78, 5) is 6.84. The molecule has 4 nitrogen and oxygen atoms in total. The van der Waals surface area contributed by atoms with Crippen molar-refractivity contribution in [3.8, 4) is 0 Å². The Bertz CT molecular complexity index is 684. The summed E-state index contributed by atoms with van der Waals surface area (Å²) in [6, 6.07) is 21.3. The SMILES string of the molecule is CN=C(NCC1CCN(c2ccccc2)C1)NCC(C)c1ccccc1. The maximum absolute atomic E-state index is 4.37. The highest BCUT2D eigenvalue weighted by molar-refractivity contribution is 5.79. The Morgan fingerprint density at radius 2 is 1.77 bits per heavy atom. The summed E-state index contributed by atoms with van der Waals surface area (Å²) in [6.45, 7) is 6.32. The van der Waals surface area contributed by atoms with Gasteiger partial charge in [0.15, 0.2) is 5.96 Å². The first kappa shape index (κ1) is 18.3. The predicted molar refractivity (Wildman–Crippen MR) is 111 cm³/mol. The van der Waals surface area contributed by atoms with Crippen LogP contribution in [0, 0.1) is 5.92 Å². The second-order valence-electron chi connectivity index (χ2n) is 7.08. The minimum atomic E-state index is 0.454. The average molecular weight is 351 g/mol. The largest absolute Gasteiger partial charge is 0.371 e. The maximum Gasteiger partial charge on any atom is 0.191 e. The van der Waals surface area contributed by atoms with E-state index in [4.69, 9.17) is 0 Å². The molecule has 1 saturated heterocycles. The molecule has 0 spiro atoms. The first-order valence-electron chi connectivity index (χ1n) is 9.55. The maximum atomic E-state index is 4.37. The van der Waals surface area contributed by atoms with E-state index in [1.54, 1.807) is 0 Å². The highest BCUT2D eigenvalue weighted by atomic mass is 15.2. The van der Waals surface area contributed by atoms with Gasteiger partial charge < -0.3 is 15.5 Å². The van der Waals surface area contributed by atoms with Crippen molar-refractivity contribution >= 4 is 11.6 Å². The van der Waals surface area contributed by atoms with E-state index in [1.165, 1.54) is 17.7 Å². The lowest BCUT2D eigenvalue weighted by atomic mass is 10.0. The van der Waals surface area contributed by atoms with Crippen molar-refractivity contribution in [3.05, 3.63) is 66.2 Å². The summed E-state index contributed by atoms with van der Waals surface area (Å²) >= 11 is 0. The van der Waals surface area contributed by atoms with Crippen LogP contribution in [0.15, 0.2) is 65.7 Å². The van der Waals surface area contributed by atoms with E-state index in [0.29, 0.717) is 11.8 Å². The topological polar surface area (TPSA) is 39.7 Å². The van der Waals surface area contributed by atoms with Crippen molar-refractivity contribution < 1.29 is 0 Å². The summed E-state index contributed by atoms with van der Waals surface area (Å²) in [6.07, 6.45) is 1.22. The average Bonchev–Trinajstić information content (AvgIpc) is 3.18. The molecule has 2 N–H and O–H groups in total. The second-order valence-corrected chi connectivity index (χ2v) is 7.08. The molecule has 0 aromatic heterocycles. The van der Waals surface area contributed by atoms with Crippen molar-refractivity contribution in [2.75, 3.05) is 38.1 Å². The van der Waals surface area contributed by atoms with Crippen LogP contribution in [0.4, 0.5) is 5.69 Å². The molecule has 1 fully saturated rings. The van der Waals surface area contributed by atoms with Gasteiger partial charge in [-0.1, -0.05) is 55.5 Å². The lowest BCUT2D eigenvalue weighted by Gasteiger charge is -2.20. The summed E-state index contributed by atoms with van der Waals surface area (Å²) in [5, 5.41) is 6.96. The number of hydrogen-bond acceptors (Lipinski definition) is 2. The van der Waals surface area contributed by atoms with Gasteiger partial charge in [-0.15, -0.1) is 0 Å². The second kappa shape index (κ2) is 9.27. The zero-order valence-corrected chi connectivity index (χ0v) is 15.9. The van der Waals surface area contributed by atoms with Gasteiger partial charge in [0.05, 0.1) is 0 Å². The van der Waals surface area contributed by atoms with Gasteiger partial charge in [0, 0.05) is 38.9 Å². The van der Waals surface area contributed by atoms with Crippen LogP contribution in [-0.2, 0) is 0 Å². The molecule has 3 rings (SSSR count). The lowest BCUT2D eigenvalue weighted by molar-refractivity contribution is 0.563. The van der Waals surface area contributed by atoms with E-state index < -0.39 is 0 Å². The predicted octanol–water partition coefficient (Wildman–Crippen LogP) is 3.48. The third-order valence-electron chi connectivity index (χ3n) is 5.13. The number of hydrogen-bond donors (Lipinski definition) is 2. The van der Waals surface area contributed by atoms with Crippen LogP contribution >= 0.6 is 0 Å². The van der Waals surface area contributed by atoms with E-state index in [9.17, 15) is 0 Å². The molecule has 1 aliphatic rings. The Kier molecular flexibility index (Phi) is 6.53. The van der Waals surface area contributed by atoms with E-state index in [0.717, 1.165) is 32.1 Å². The molecule has 2 aromatic rings. The number of nitrogens with one attached hydrogen (secondary N) is 2. The third-order valence-corrected chi connectivity index (χ3v) is 5.13. The number of guanidine groups is 1. The molecule has 1 heterocycles. The quantitative estimate of drug-likeness (QED) is 0.619. The number of benzene rings is 2. The Labute approximate surface area is 157 Å². The van der Waals surface area contributed by atoms with Gasteiger partial charge in [0.2, 0.25) is 0 Å². The molecule has 0 bridgehead atoms. The molecule has 4 heteroatoms. The number of aliphatic imine (C=N–C) groups is 1. The molecular weight excluding hydrogens is 320 g/mol. The number of anilines is 1. The Balaban J connectivity index is 1.42. The highest BCUT2D eigenvalue weighted by Crippen LogP contribution is 2.22. The van der Waals surface area contributed by atoms with Crippen LogP contribution in [0.25, 0.3) is 0 Å². The van der Waals surface area contributed by atoms with Crippen molar-refractivity contribution in [1.82, 2.24) is 10.6 Å². The van der Waals surface area contributed by atoms with Gasteiger partial charge >= 0.3 is 0 Å². The summed E-state index contributed by atoms with van der Waals surface area (Å²) in [5.41, 5.74) is 2.68. The highest BCUT2D eigenvalue weighted by Gasteiger charge is 2.22. The molecular formula is C22H30N4. The number of rotatable bonds is 6. The fourth-order valence-electron chi connectivity index (χ4n) is 3.48. The minimum Gasteiger partial charge on any atom is -0.371 e. The van der Waals surface area contributed by atoms with Crippen LogP contribution in [0.3, 0.4) is 0 Å². The van der Waals surface area contributed by atoms with Crippen LogP contribution in [0.1, 0.15) is 24.8 Å². The minimum absolute atomic E-state index is 0.454. The zero-order valence-electron chi connectivity index (χ0n) is 15.9. The molecule has 0 amide bonds. The monoisotopic (exact) mass is 350 g/mol. The van der Waals surface area contributed by atoms with Gasteiger partial charge in [0.1, 0.15) is 0 Å². The van der Waals surface area contributed by atoms with E-state index in [-0.39, 0.29) is 0 Å². The summed E-state index contributed by atoms with van der Waals surface area (Å²) < 4.78 is 0. The molecule has 0 saturated carbocycles. The molecule has 0 radical (unpaired) electrons. The third kappa shape index (κ3) is 5.01. The van der Waals surface area contributed by atoms with Gasteiger partial charge in [-0.2, -0.15) is 0 Å². The summed E-state index contributed by atoms with van der Waals surface area (Å²) in [5.74, 6) is 2.00. The van der Waals surface area contributed by atoms with Gasteiger partial charge in [0.25, 0.3) is 0 Å². The molecule has 2 aromatic carbocycles. The van der Waals surface area contributed by atoms with Gasteiger partial charge in [-0.05, 0) is 36.0 Å². The first-order chi connectivity index (χ1) is 12.8. The van der Waals surface area contributed by atoms with Gasteiger partial charge in [-0.25, -0.2) is 0 Å². The molecule has 138 valence electrons. The number of para-hydroxylation sites is 1. The van der Waals surface area contributed by atoms with Crippen LogP contribution in [-0.4, -0.2) is 39.2 Å².